The number of amides is 1. The zero-order valence-electron chi connectivity index (χ0n) is 18.9. The van der Waals surface area contributed by atoms with Crippen molar-refractivity contribution in [3.05, 3.63) is 40.5 Å². The lowest BCUT2D eigenvalue weighted by Gasteiger charge is -2.36. The van der Waals surface area contributed by atoms with Gasteiger partial charge in [-0.2, -0.15) is 4.31 Å². The maximum Gasteiger partial charge on any atom is 0.253 e. The Morgan fingerprint density at radius 1 is 1.21 bits per heavy atom. The SMILES string of the molecule is CN(C)CCCN(C(=O)C1CCCCN1S(=O)(=O)c1ccc(Cl)s1)c1nc2c(F)cccc2s1. The lowest BCUT2D eigenvalue weighted by molar-refractivity contribution is -0.123. The second-order valence-electron chi connectivity index (χ2n) is 8.42. The maximum absolute atomic E-state index is 14.3. The summed E-state index contributed by atoms with van der Waals surface area (Å²) in [4.78, 5) is 21.9. The first-order valence-corrected chi connectivity index (χ1v) is 14.4. The number of para-hydroxylation sites is 1. The van der Waals surface area contributed by atoms with Gasteiger partial charge >= 0.3 is 0 Å². The third-order valence-corrected chi connectivity index (χ3v) is 10.3. The predicted octanol–water partition coefficient (Wildman–Crippen LogP) is 4.68. The van der Waals surface area contributed by atoms with Gasteiger partial charge in [0, 0.05) is 13.1 Å². The Bertz CT molecular complexity index is 1280. The number of carbonyl (C=O) groups excluding carboxylic acids is 1. The first kappa shape index (κ1) is 25.5. The van der Waals surface area contributed by atoms with Crippen LogP contribution in [0.2, 0.25) is 4.34 Å². The topological polar surface area (TPSA) is 73.8 Å². The average Bonchev–Trinajstić information content (AvgIpc) is 3.44. The molecule has 2 aromatic heterocycles. The molecule has 34 heavy (non-hydrogen) atoms. The summed E-state index contributed by atoms with van der Waals surface area (Å²) >= 11 is 8.21. The number of aromatic nitrogens is 1. The van der Waals surface area contributed by atoms with E-state index in [9.17, 15) is 17.6 Å². The molecule has 184 valence electrons. The van der Waals surface area contributed by atoms with Crippen molar-refractivity contribution in [2.45, 2.75) is 35.9 Å². The molecule has 1 aliphatic rings. The van der Waals surface area contributed by atoms with Crippen LogP contribution in [0.4, 0.5) is 9.52 Å². The minimum absolute atomic E-state index is 0.124. The van der Waals surface area contributed by atoms with E-state index < -0.39 is 21.9 Å². The summed E-state index contributed by atoms with van der Waals surface area (Å²) in [5.41, 5.74) is 0.217. The lowest BCUT2D eigenvalue weighted by atomic mass is 10.0. The molecule has 0 saturated carbocycles. The number of hydrogen-bond acceptors (Lipinski definition) is 7. The number of rotatable bonds is 8. The van der Waals surface area contributed by atoms with Crippen molar-refractivity contribution in [2.24, 2.45) is 0 Å². The van der Waals surface area contributed by atoms with Gasteiger partial charge in [0.05, 0.1) is 9.04 Å². The zero-order chi connectivity index (χ0) is 24.5. The van der Waals surface area contributed by atoms with E-state index in [4.69, 9.17) is 11.6 Å². The van der Waals surface area contributed by atoms with Crippen molar-refractivity contribution in [3.63, 3.8) is 0 Å². The molecule has 1 amide bonds. The monoisotopic (exact) mass is 544 g/mol. The largest absolute Gasteiger partial charge is 0.309 e. The second-order valence-corrected chi connectivity index (χ2v) is 13.3. The van der Waals surface area contributed by atoms with E-state index in [0.717, 1.165) is 24.3 Å². The molecule has 1 saturated heterocycles. The highest BCUT2D eigenvalue weighted by atomic mass is 35.5. The summed E-state index contributed by atoms with van der Waals surface area (Å²) in [5, 5.41) is 0.381. The molecule has 7 nitrogen and oxygen atoms in total. The number of thiazole rings is 1. The fourth-order valence-electron chi connectivity index (χ4n) is 4.04. The van der Waals surface area contributed by atoms with Gasteiger partial charge in [0.2, 0.25) is 5.91 Å². The van der Waals surface area contributed by atoms with Crippen molar-refractivity contribution in [2.75, 3.05) is 38.6 Å². The summed E-state index contributed by atoms with van der Waals surface area (Å²) < 4.78 is 43.6. The number of fused-ring (bicyclic) bond motifs is 1. The van der Waals surface area contributed by atoms with Gasteiger partial charge in [-0.05, 0) is 64.2 Å². The molecule has 0 aliphatic carbocycles. The maximum atomic E-state index is 14.3. The van der Waals surface area contributed by atoms with Crippen molar-refractivity contribution in [1.29, 1.82) is 0 Å². The van der Waals surface area contributed by atoms with Crippen LogP contribution in [0.1, 0.15) is 25.7 Å². The van der Waals surface area contributed by atoms with Gasteiger partial charge in [-0.3, -0.25) is 9.69 Å². The molecule has 1 atom stereocenters. The van der Waals surface area contributed by atoms with Gasteiger partial charge < -0.3 is 4.90 Å². The molecule has 12 heteroatoms. The summed E-state index contributed by atoms with van der Waals surface area (Å²) in [7, 11) is 0.00882. The summed E-state index contributed by atoms with van der Waals surface area (Å²) in [6.07, 6.45) is 2.50. The van der Waals surface area contributed by atoms with Crippen LogP contribution in [0.25, 0.3) is 10.2 Å². The molecule has 0 N–H and O–H groups in total. The van der Waals surface area contributed by atoms with Crippen molar-refractivity contribution >= 4 is 65.6 Å². The Morgan fingerprint density at radius 3 is 2.68 bits per heavy atom. The van der Waals surface area contributed by atoms with Crippen molar-refractivity contribution < 1.29 is 17.6 Å². The molecule has 1 aliphatic heterocycles. The van der Waals surface area contributed by atoms with Gasteiger partial charge in [-0.25, -0.2) is 17.8 Å². The van der Waals surface area contributed by atoms with E-state index in [1.165, 1.54) is 32.7 Å². The second kappa shape index (κ2) is 10.5. The van der Waals surface area contributed by atoms with E-state index in [1.807, 2.05) is 19.0 Å². The summed E-state index contributed by atoms with van der Waals surface area (Å²) in [5.74, 6) is -0.777. The van der Waals surface area contributed by atoms with Gasteiger partial charge in [-0.1, -0.05) is 35.4 Å². The number of nitrogens with zero attached hydrogens (tertiary/aromatic N) is 4. The molecule has 1 unspecified atom stereocenters. The fourth-order valence-corrected chi connectivity index (χ4v) is 8.31. The minimum Gasteiger partial charge on any atom is -0.309 e. The number of carbonyl (C=O) groups is 1. The van der Waals surface area contributed by atoms with E-state index in [1.54, 1.807) is 18.2 Å². The highest BCUT2D eigenvalue weighted by Gasteiger charge is 2.41. The van der Waals surface area contributed by atoms with Crippen LogP contribution in [0.5, 0.6) is 0 Å². The number of hydrogen-bond donors (Lipinski definition) is 0. The van der Waals surface area contributed by atoms with Crippen LogP contribution < -0.4 is 4.90 Å². The Kier molecular flexibility index (Phi) is 7.90. The molecule has 0 radical (unpaired) electrons. The van der Waals surface area contributed by atoms with E-state index in [2.05, 4.69) is 4.98 Å². The Morgan fingerprint density at radius 2 is 2.00 bits per heavy atom. The van der Waals surface area contributed by atoms with Crippen molar-refractivity contribution in [3.8, 4) is 0 Å². The smallest absolute Gasteiger partial charge is 0.253 e. The van der Waals surface area contributed by atoms with Gasteiger partial charge in [0.25, 0.3) is 10.0 Å². The molecule has 4 rings (SSSR count). The normalized spacial score (nSPS) is 17.5. The minimum atomic E-state index is -3.88. The van der Waals surface area contributed by atoms with E-state index in [-0.39, 0.29) is 22.2 Å². The highest BCUT2D eigenvalue weighted by molar-refractivity contribution is 7.91. The van der Waals surface area contributed by atoms with Crippen LogP contribution >= 0.6 is 34.3 Å². The fraction of sp³-hybridized carbons (Fsp3) is 0.455. The predicted molar refractivity (Wildman–Crippen MR) is 136 cm³/mol. The number of piperidine rings is 1. The molecule has 1 aromatic carbocycles. The molecule has 3 heterocycles. The molecule has 0 bridgehead atoms. The third-order valence-electron chi connectivity index (χ3n) is 5.69. The number of thiophene rings is 1. The number of halogens is 2. The number of sulfonamides is 1. The van der Waals surface area contributed by atoms with Crippen LogP contribution in [-0.4, -0.2) is 68.3 Å². The standard InChI is InChI=1S/C22H26ClFN4O3S3/c1-26(2)12-6-13-27(22-25-20-15(24)7-5-9-17(20)32-22)21(29)16-8-3-4-14-28(16)34(30,31)19-11-10-18(23)33-19/h5,7,9-11,16H,3-4,6,8,12-14H2,1-2H3. The third kappa shape index (κ3) is 5.29. The first-order valence-electron chi connectivity index (χ1n) is 11.0. The van der Waals surface area contributed by atoms with E-state index in [0.29, 0.717) is 40.0 Å². The molecular formula is C22H26ClFN4O3S3. The number of anilines is 1. The molecule has 0 spiro atoms. The molecular weight excluding hydrogens is 519 g/mol. The number of benzene rings is 1. The van der Waals surface area contributed by atoms with Crippen molar-refractivity contribution in [1.82, 2.24) is 14.2 Å². The van der Waals surface area contributed by atoms with Gasteiger partial charge in [0.15, 0.2) is 5.13 Å². The summed E-state index contributed by atoms with van der Waals surface area (Å²) in [6.45, 7) is 1.35. The Balaban J connectivity index is 1.69. The summed E-state index contributed by atoms with van der Waals surface area (Å²) in [6, 6.07) is 6.88. The first-order chi connectivity index (χ1) is 16.2. The van der Waals surface area contributed by atoms with Gasteiger partial charge in [-0.15, -0.1) is 11.3 Å². The van der Waals surface area contributed by atoms with Crippen LogP contribution in [0.15, 0.2) is 34.5 Å². The van der Waals surface area contributed by atoms with E-state index >= 15 is 0 Å². The Hall–Kier alpha value is -1.63. The zero-order valence-corrected chi connectivity index (χ0v) is 22.1. The van der Waals surface area contributed by atoms with Crippen LogP contribution in [0.3, 0.4) is 0 Å². The molecule has 3 aromatic rings. The highest BCUT2D eigenvalue weighted by Crippen LogP contribution is 2.35. The lowest BCUT2D eigenvalue weighted by Crippen LogP contribution is -2.53. The average molecular weight is 545 g/mol. The van der Waals surface area contributed by atoms with Crippen LogP contribution in [-0.2, 0) is 14.8 Å². The van der Waals surface area contributed by atoms with Crippen LogP contribution in [0, 0.1) is 5.82 Å². The molecule has 1 fully saturated rings. The van der Waals surface area contributed by atoms with Gasteiger partial charge in [0.1, 0.15) is 21.6 Å². The Labute approximate surface area is 211 Å². The quantitative estimate of drug-likeness (QED) is 0.412.